The van der Waals surface area contributed by atoms with E-state index in [1.807, 2.05) is 0 Å². The van der Waals surface area contributed by atoms with Crippen LogP contribution in [0, 0.1) is 5.82 Å². The summed E-state index contributed by atoms with van der Waals surface area (Å²) in [6.45, 7) is 2.12. The Morgan fingerprint density at radius 1 is 1.54 bits per heavy atom. The summed E-state index contributed by atoms with van der Waals surface area (Å²) in [6, 6.07) is 1.17. The van der Waals surface area contributed by atoms with Crippen LogP contribution in [-0.2, 0) is 0 Å². The fourth-order valence-corrected chi connectivity index (χ4v) is 1.64. The Hall–Kier alpha value is -0.290. The Morgan fingerprint density at radius 3 is 2.69 bits per heavy atom. The lowest BCUT2D eigenvalue weighted by Crippen LogP contribution is -1.95. The minimum Gasteiger partial charge on any atom is -0.502 e. The molecule has 0 heterocycles. The highest BCUT2D eigenvalue weighted by Gasteiger charge is 2.15. The van der Waals surface area contributed by atoms with Crippen molar-refractivity contribution in [3.05, 3.63) is 20.8 Å². The highest BCUT2D eigenvalue weighted by Crippen LogP contribution is 2.41. The first kappa shape index (κ1) is 10.8. The molecule has 1 aromatic carbocycles. The minimum absolute atomic E-state index is 0.120. The van der Waals surface area contributed by atoms with Crippen molar-refractivity contribution in [3.8, 4) is 11.5 Å². The smallest absolute Gasteiger partial charge is 0.195 e. The summed E-state index contributed by atoms with van der Waals surface area (Å²) in [5.41, 5.74) is 0. The van der Waals surface area contributed by atoms with E-state index in [0.717, 1.165) is 0 Å². The Morgan fingerprint density at radius 2 is 2.15 bits per heavy atom. The largest absolute Gasteiger partial charge is 0.502 e. The number of hydrogen-bond acceptors (Lipinski definition) is 2. The molecule has 0 aliphatic heterocycles. The van der Waals surface area contributed by atoms with Gasteiger partial charge in [-0.15, -0.1) is 0 Å². The van der Waals surface area contributed by atoms with E-state index in [4.69, 9.17) is 4.74 Å². The van der Waals surface area contributed by atoms with Crippen LogP contribution in [0.15, 0.2) is 15.0 Å². The molecule has 0 atom stereocenters. The number of phenolic OH excluding ortho intramolecular Hbond substituents is 1. The van der Waals surface area contributed by atoms with E-state index >= 15 is 0 Å². The summed E-state index contributed by atoms with van der Waals surface area (Å²) in [5, 5.41) is 9.28. The maximum atomic E-state index is 13.0. The highest BCUT2D eigenvalue weighted by atomic mass is 79.9. The maximum Gasteiger partial charge on any atom is 0.195 e. The van der Waals surface area contributed by atoms with Gasteiger partial charge in [0.15, 0.2) is 17.3 Å². The van der Waals surface area contributed by atoms with E-state index in [1.54, 1.807) is 6.92 Å². The zero-order chi connectivity index (χ0) is 10.0. The second-order valence-corrected chi connectivity index (χ2v) is 3.91. The van der Waals surface area contributed by atoms with Crippen molar-refractivity contribution >= 4 is 31.9 Å². The van der Waals surface area contributed by atoms with Crippen molar-refractivity contribution in [1.82, 2.24) is 0 Å². The number of rotatable bonds is 2. The summed E-state index contributed by atoms with van der Waals surface area (Å²) in [6.07, 6.45) is 0. The first-order valence-corrected chi connectivity index (χ1v) is 5.15. The van der Waals surface area contributed by atoms with E-state index in [-0.39, 0.29) is 5.75 Å². The van der Waals surface area contributed by atoms with Crippen LogP contribution in [0.5, 0.6) is 11.5 Å². The van der Waals surface area contributed by atoms with Gasteiger partial charge >= 0.3 is 0 Å². The molecule has 0 aromatic heterocycles. The molecule has 2 nitrogen and oxygen atoms in total. The van der Waals surface area contributed by atoms with Gasteiger partial charge in [-0.05, 0) is 44.8 Å². The molecule has 0 saturated heterocycles. The molecular formula is C8H7Br2FO2. The van der Waals surface area contributed by atoms with Crippen molar-refractivity contribution in [2.45, 2.75) is 6.92 Å². The quantitative estimate of drug-likeness (QED) is 0.847. The summed E-state index contributed by atoms with van der Waals surface area (Å²) in [7, 11) is 0. The van der Waals surface area contributed by atoms with E-state index < -0.39 is 11.6 Å². The number of halogens is 3. The van der Waals surface area contributed by atoms with Crippen LogP contribution in [0.2, 0.25) is 0 Å². The molecule has 0 spiro atoms. The van der Waals surface area contributed by atoms with Crippen molar-refractivity contribution < 1.29 is 14.2 Å². The van der Waals surface area contributed by atoms with Gasteiger partial charge in [-0.3, -0.25) is 0 Å². The van der Waals surface area contributed by atoms with Crippen molar-refractivity contribution in [2.75, 3.05) is 6.61 Å². The van der Waals surface area contributed by atoms with Gasteiger partial charge < -0.3 is 9.84 Å². The lowest BCUT2D eigenvalue weighted by Gasteiger charge is -2.09. The monoisotopic (exact) mass is 312 g/mol. The van der Waals surface area contributed by atoms with Crippen LogP contribution < -0.4 is 4.74 Å². The Balaban J connectivity index is 3.28. The SMILES string of the molecule is CCOc1c(O)c(F)cc(Br)c1Br. The molecule has 1 rings (SSSR count). The van der Waals surface area contributed by atoms with Gasteiger partial charge in [0.05, 0.1) is 11.1 Å². The maximum absolute atomic E-state index is 13.0. The molecule has 0 unspecified atom stereocenters. The highest BCUT2D eigenvalue weighted by molar-refractivity contribution is 9.13. The first-order chi connectivity index (χ1) is 6.07. The van der Waals surface area contributed by atoms with E-state index in [1.165, 1.54) is 6.07 Å². The van der Waals surface area contributed by atoms with Crippen molar-refractivity contribution in [1.29, 1.82) is 0 Å². The molecule has 0 aliphatic rings. The molecule has 0 saturated carbocycles. The fourth-order valence-electron chi connectivity index (χ4n) is 0.840. The van der Waals surface area contributed by atoms with Crippen LogP contribution in [-0.4, -0.2) is 11.7 Å². The molecule has 1 aromatic rings. The fraction of sp³-hybridized carbons (Fsp3) is 0.250. The van der Waals surface area contributed by atoms with Crippen molar-refractivity contribution in [2.24, 2.45) is 0 Å². The van der Waals surface area contributed by atoms with E-state index in [2.05, 4.69) is 31.9 Å². The van der Waals surface area contributed by atoms with Gasteiger partial charge in [0.1, 0.15) is 0 Å². The van der Waals surface area contributed by atoms with Gasteiger partial charge in [0, 0.05) is 4.47 Å². The second-order valence-electron chi connectivity index (χ2n) is 2.26. The second kappa shape index (κ2) is 4.28. The normalized spacial score (nSPS) is 10.2. The number of ether oxygens (including phenoxy) is 1. The lowest BCUT2D eigenvalue weighted by atomic mass is 10.3. The Kier molecular flexibility index (Phi) is 3.55. The third kappa shape index (κ3) is 2.14. The molecule has 0 bridgehead atoms. The molecule has 13 heavy (non-hydrogen) atoms. The third-order valence-corrected chi connectivity index (χ3v) is 3.34. The van der Waals surface area contributed by atoms with Crippen LogP contribution in [0.3, 0.4) is 0 Å². The summed E-state index contributed by atoms with van der Waals surface area (Å²) < 4.78 is 19.0. The first-order valence-electron chi connectivity index (χ1n) is 3.57. The summed E-state index contributed by atoms with van der Waals surface area (Å²) in [4.78, 5) is 0. The number of hydrogen-bond donors (Lipinski definition) is 1. The van der Waals surface area contributed by atoms with Crippen molar-refractivity contribution in [3.63, 3.8) is 0 Å². The number of aromatic hydroxyl groups is 1. The van der Waals surface area contributed by atoms with Gasteiger partial charge in [0.25, 0.3) is 0 Å². The predicted octanol–water partition coefficient (Wildman–Crippen LogP) is 3.46. The molecular weight excluding hydrogens is 307 g/mol. The van der Waals surface area contributed by atoms with Crippen LogP contribution >= 0.6 is 31.9 Å². The van der Waals surface area contributed by atoms with Crippen LogP contribution in [0.4, 0.5) is 4.39 Å². The topological polar surface area (TPSA) is 29.5 Å². The standard InChI is InChI=1S/C8H7Br2FO2/c1-2-13-8-6(10)4(9)3-5(11)7(8)12/h3,12H,2H2,1H3. The van der Waals surface area contributed by atoms with Gasteiger partial charge in [-0.2, -0.15) is 0 Å². The summed E-state index contributed by atoms with van der Waals surface area (Å²) in [5.74, 6) is -1.06. The molecule has 0 fully saturated rings. The average Bonchev–Trinajstić information content (AvgIpc) is 2.09. The molecule has 0 amide bonds. The molecule has 72 valence electrons. The Labute approximate surface area is 92.0 Å². The minimum atomic E-state index is -0.710. The van der Waals surface area contributed by atoms with Crippen LogP contribution in [0.1, 0.15) is 6.92 Å². The zero-order valence-electron chi connectivity index (χ0n) is 6.77. The third-order valence-electron chi connectivity index (χ3n) is 1.39. The van der Waals surface area contributed by atoms with E-state index in [9.17, 15) is 9.50 Å². The average molecular weight is 314 g/mol. The summed E-state index contributed by atoms with van der Waals surface area (Å²) >= 11 is 6.29. The van der Waals surface area contributed by atoms with Gasteiger partial charge in [-0.1, -0.05) is 0 Å². The predicted molar refractivity (Wildman–Crippen MR) is 54.6 cm³/mol. The van der Waals surface area contributed by atoms with Gasteiger partial charge in [0.2, 0.25) is 0 Å². The Bertz CT molecular complexity index is 302. The molecule has 5 heteroatoms. The molecule has 0 aliphatic carbocycles. The van der Waals surface area contributed by atoms with Crippen LogP contribution in [0.25, 0.3) is 0 Å². The number of benzene rings is 1. The lowest BCUT2D eigenvalue weighted by molar-refractivity contribution is 0.307. The zero-order valence-corrected chi connectivity index (χ0v) is 9.95. The molecule has 0 radical (unpaired) electrons. The van der Waals surface area contributed by atoms with E-state index in [0.29, 0.717) is 15.6 Å². The molecule has 1 N–H and O–H groups in total. The van der Waals surface area contributed by atoms with Gasteiger partial charge in [-0.25, -0.2) is 4.39 Å². The number of phenols is 1.